The predicted octanol–water partition coefficient (Wildman–Crippen LogP) is 21.1. The first kappa shape index (κ1) is 80.2. The molecule has 0 heterocycles. The Hall–Kier alpha value is -4.83. The molecule has 85 heavy (non-hydrogen) atoms. The molecule has 0 bridgehead atoms. The number of esters is 2. The first-order valence-electron chi connectivity index (χ1n) is 34.0. The van der Waals surface area contributed by atoms with Crippen molar-refractivity contribution in [2.45, 2.75) is 270 Å². The van der Waals surface area contributed by atoms with E-state index in [1.54, 1.807) is 0 Å². The maximum absolute atomic E-state index is 12.9. The number of nitrogens with zero attached hydrogens (tertiary/aromatic N) is 1. The van der Waals surface area contributed by atoms with Crippen LogP contribution in [0.3, 0.4) is 0 Å². The van der Waals surface area contributed by atoms with E-state index in [4.69, 9.17) is 18.9 Å². The van der Waals surface area contributed by atoms with Gasteiger partial charge in [0, 0.05) is 12.8 Å². The lowest BCUT2D eigenvalue weighted by Crippen LogP contribution is -2.40. The summed E-state index contributed by atoms with van der Waals surface area (Å²) in [6.07, 6.45) is 92.4. The zero-order valence-corrected chi connectivity index (χ0v) is 55.0. The highest BCUT2D eigenvalue weighted by Crippen LogP contribution is 2.16. The predicted molar refractivity (Wildman–Crippen MR) is 364 cm³/mol. The molecule has 0 aromatic heterocycles. The van der Waals surface area contributed by atoms with Gasteiger partial charge in [0.15, 0.2) is 6.10 Å². The van der Waals surface area contributed by atoms with Crippen LogP contribution in [0.1, 0.15) is 258 Å². The summed E-state index contributed by atoms with van der Waals surface area (Å²) in [6.45, 7) is 4.63. The Labute approximate surface area is 522 Å². The van der Waals surface area contributed by atoms with Crippen molar-refractivity contribution in [2.75, 3.05) is 47.5 Å². The molecule has 0 radical (unpaired) electrons. The maximum Gasteiger partial charge on any atom is 0.361 e. The number of quaternary nitrogens is 1. The molecule has 0 aliphatic heterocycles. The number of hydrogen-bond acceptors (Lipinski definition) is 7. The summed E-state index contributed by atoms with van der Waals surface area (Å²) in [4.78, 5) is 37.5. The van der Waals surface area contributed by atoms with Crippen LogP contribution in [-0.4, -0.2) is 87.4 Å². The highest BCUT2D eigenvalue weighted by Gasteiger charge is 2.25. The quantitative estimate of drug-likeness (QED) is 0.0211. The van der Waals surface area contributed by atoms with E-state index in [0.717, 1.165) is 135 Å². The third kappa shape index (κ3) is 66.5. The number of hydrogen-bond donors (Lipinski definition) is 1. The van der Waals surface area contributed by atoms with Gasteiger partial charge >= 0.3 is 17.9 Å². The van der Waals surface area contributed by atoms with E-state index in [9.17, 15) is 19.5 Å². The summed E-state index contributed by atoms with van der Waals surface area (Å²) in [7, 11) is 5.96. The molecule has 0 saturated heterocycles. The van der Waals surface area contributed by atoms with Crippen LogP contribution < -0.4 is 0 Å². The number of carboxylic acids is 1. The summed E-state index contributed by atoms with van der Waals surface area (Å²) >= 11 is 0. The molecule has 1 N–H and O–H groups in total. The standard InChI is InChI=1S/C76H125NO8/c1-6-8-10-12-14-16-18-20-22-24-26-27-28-29-30-31-32-33-34-35-36-37-38-39-40-41-42-43-44-45-46-47-49-51-53-55-57-59-61-63-65-67-74(79)85-72(71-84-76(75(80)81)82-69-68-77(3,4)5)70-83-73(78)66-64-62-60-58-56-54-52-50-48-25-23-21-19-17-15-13-11-9-7-2/h8-11,14-17,20-23,26-27,29-30,32-33,35-36,38-39,48,50,72,76H,6-7,12-13,18-19,24-25,28,31,34,37,40-47,49,51-71H2,1-5H3/p+1/b10-8-,11-9-,16-14-,17-15-,22-20-,23-21-,27-26-,30-29-,33-32-,36-35-,39-38-,50-48-. The number of allylic oxidation sites excluding steroid dienone is 24. The van der Waals surface area contributed by atoms with Crippen LogP contribution in [-0.2, 0) is 33.3 Å². The Balaban J connectivity index is 4.09. The van der Waals surface area contributed by atoms with E-state index in [0.29, 0.717) is 17.4 Å². The number of unbranched alkanes of at least 4 members (excludes halogenated alkanes) is 22. The van der Waals surface area contributed by atoms with Crippen molar-refractivity contribution < 1.29 is 42.9 Å². The molecule has 482 valence electrons. The van der Waals surface area contributed by atoms with Crippen LogP contribution in [0.25, 0.3) is 0 Å². The van der Waals surface area contributed by atoms with Crippen molar-refractivity contribution in [2.24, 2.45) is 0 Å². The molecule has 0 rings (SSSR count). The number of carboxylic acid groups (broad SMARTS) is 1. The first-order chi connectivity index (χ1) is 41.6. The summed E-state index contributed by atoms with van der Waals surface area (Å²) < 4.78 is 22.9. The van der Waals surface area contributed by atoms with E-state index in [1.807, 2.05) is 21.1 Å². The SMILES string of the molecule is CC/C=C\C/C=C\C/C=C\C/C=C\C/C=C\C/C=C\C/C=C\C/C=C\CCCCCCCCCCCCCCCCCCC(=O)OC(COC(=O)CCCCCCCC/C=C\C/C=C\C/C=C\C/C=C\CC)COC(OCC[N+](C)(C)C)C(=O)O. The van der Waals surface area contributed by atoms with Crippen molar-refractivity contribution >= 4 is 17.9 Å². The lowest BCUT2D eigenvalue weighted by atomic mass is 10.0. The summed E-state index contributed by atoms with van der Waals surface area (Å²) in [5.41, 5.74) is 0. The summed E-state index contributed by atoms with van der Waals surface area (Å²) in [5.74, 6) is -2.03. The zero-order chi connectivity index (χ0) is 61.9. The van der Waals surface area contributed by atoms with Gasteiger partial charge in [-0.1, -0.05) is 275 Å². The highest BCUT2D eigenvalue weighted by molar-refractivity contribution is 5.71. The smallest absolute Gasteiger partial charge is 0.361 e. The Morgan fingerprint density at radius 2 is 0.635 bits per heavy atom. The van der Waals surface area contributed by atoms with Crippen molar-refractivity contribution in [1.82, 2.24) is 0 Å². The monoisotopic (exact) mass is 1180 g/mol. The fraction of sp³-hybridized carbons (Fsp3) is 0.645. The summed E-state index contributed by atoms with van der Waals surface area (Å²) in [6, 6.07) is 0. The molecule has 0 aromatic rings. The molecule has 9 heteroatoms. The topological polar surface area (TPSA) is 108 Å². The minimum atomic E-state index is -1.52. The van der Waals surface area contributed by atoms with Crippen molar-refractivity contribution in [3.63, 3.8) is 0 Å². The maximum atomic E-state index is 12.9. The third-order valence-electron chi connectivity index (χ3n) is 14.1. The van der Waals surface area contributed by atoms with Gasteiger partial charge in [-0.3, -0.25) is 9.59 Å². The number of carbonyl (C=O) groups is 3. The van der Waals surface area contributed by atoms with E-state index in [-0.39, 0.29) is 38.6 Å². The van der Waals surface area contributed by atoms with Crippen molar-refractivity contribution in [1.29, 1.82) is 0 Å². The average molecular weight is 1180 g/mol. The molecule has 0 aromatic carbocycles. The average Bonchev–Trinajstić information content (AvgIpc) is 3.49. The largest absolute Gasteiger partial charge is 0.477 e. The molecule has 0 aliphatic carbocycles. The van der Waals surface area contributed by atoms with Crippen LogP contribution >= 0.6 is 0 Å². The highest BCUT2D eigenvalue weighted by atomic mass is 16.7. The molecule has 2 atom stereocenters. The molecule has 0 amide bonds. The van der Waals surface area contributed by atoms with Gasteiger partial charge in [0.1, 0.15) is 13.2 Å². The van der Waals surface area contributed by atoms with Crippen LogP contribution in [0.2, 0.25) is 0 Å². The second kappa shape index (κ2) is 65.2. The van der Waals surface area contributed by atoms with Gasteiger partial charge in [0.2, 0.25) is 0 Å². The van der Waals surface area contributed by atoms with Crippen LogP contribution in [0.5, 0.6) is 0 Å². The van der Waals surface area contributed by atoms with Crippen LogP contribution in [0, 0.1) is 0 Å². The van der Waals surface area contributed by atoms with Gasteiger partial charge in [-0.25, -0.2) is 4.79 Å². The normalized spacial score (nSPS) is 13.7. The van der Waals surface area contributed by atoms with Gasteiger partial charge in [-0.05, 0) is 116 Å². The van der Waals surface area contributed by atoms with Crippen LogP contribution in [0.15, 0.2) is 146 Å². The molecule has 9 nitrogen and oxygen atoms in total. The third-order valence-corrected chi connectivity index (χ3v) is 14.1. The Kier molecular flexibility index (Phi) is 61.4. The second-order valence-electron chi connectivity index (χ2n) is 23.4. The lowest BCUT2D eigenvalue weighted by Gasteiger charge is -2.25. The lowest BCUT2D eigenvalue weighted by molar-refractivity contribution is -0.870. The molecule has 0 aliphatic rings. The van der Waals surface area contributed by atoms with Gasteiger partial charge in [0.25, 0.3) is 6.29 Å². The van der Waals surface area contributed by atoms with Gasteiger partial charge in [-0.15, -0.1) is 0 Å². The second-order valence-corrected chi connectivity index (χ2v) is 23.4. The zero-order valence-electron chi connectivity index (χ0n) is 55.0. The number of rotatable bonds is 61. The molecule has 2 unspecified atom stereocenters. The number of carbonyl (C=O) groups excluding carboxylic acids is 2. The van der Waals surface area contributed by atoms with Crippen LogP contribution in [0.4, 0.5) is 0 Å². The minimum absolute atomic E-state index is 0.179. The molecular formula is C76H126NO8+. The number of aliphatic carboxylic acids is 1. The Bertz CT molecular complexity index is 1900. The Morgan fingerprint density at radius 3 is 0.941 bits per heavy atom. The fourth-order valence-corrected chi connectivity index (χ4v) is 8.96. The first-order valence-corrected chi connectivity index (χ1v) is 34.0. The molecule has 0 spiro atoms. The molecular weight excluding hydrogens is 1050 g/mol. The van der Waals surface area contributed by atoms with Gasteiger partial charge in [0.05, 0.1) is 34.4 Å². The minimum Gasteiger partial charge on any atom is -0.477 e. The number of likely N-dealkylation sites (N-methyl/N-ethyl adjacent to an activating group) is 1. The van der Waals surface area contributed by atoms with E-state index in [2.05, 4.69) is 160 Å². The van der Waals surface area contributed by atoms with Crippen molar-refractivity contribution in [3.8, 4) is 0 Å². The molecule has 0 saturated carbocycles. The Morgan fingerprint density at radius 1 is 0.353 bits per heavy atom. The van der Waals surface area contributed by atoms with E-state index < -0.39 is 24.3 Å². The van der Waals surface area contributed by atoms with E-state index in [1.165, 1.54) is 89.9 Å². The van der Waals surface area contributed by atoms with Crippen molar-refractivity contribution in [3.05, 3.63) is 146 Å². The van der Waals surface area contributed by atoms with Gasteiger partial charge in [-0.2, -0.15) is 0 Å². The van der Waals surface area contributed by atoms with E-state index >= 15 is 0 Å². The molecule has 0 fully saturated rings. The van der Waals surface area contributed by atoms with Gasteiger partial charge < -0.3 is 28.5 Å². The number of ether oxygens (including phenoxy) is 4. The fourth-order valence-electron chi connectivity index (χ4n) is 8.96. The summed E-state index contributed by atoms with van der Waals surface area (Å²) in [5, 5.41) is 9.73.